The summed E-state index contributed by atoms with van der Waals surface area (Å²) in [5.74, 6) is -1.26. The van der Waals surface area contributed by atoms with Crippen LogP contribution in [0.3, 0.4) is 0 Å². The number of nitrogens with one attached hydrogen (secondary N) is 1. The minimum Gasteiger partial charge on any atom is -0.377 e. The smallest absolute Gasteiger partial charge is 0.377 e. The number of hydrogen-bond donors (Lipinski definition) is 1. The normalized spacial score (nSPS) is 15.0. The van der Waals surface area contributed by atoms with E-state index in [9.17, 15) is 17.6 Å². The topological polar surface area (TPSA) is 21.3 Å². The quantitative estimate of drug-likeness (QED) is 0.758. The van der Waals surface area contributed by atoms with E-state index in [4.69, 9.17) is 4.74 Å². The van der Waals surface area contributed by atoms with Crippen molar-refractivity contribution in [2.75, 3.05) is 13.7 Å². The van der Waals surface area contributed by atoms with E-state index >= 15 is 0 Å². The standard InChI is InChI=1S/C15H21F4NO/c1-4-6-13(21-5-2)14(20-3)10-7-8-11(12(16)9-10)15(17,18)19/h7-9,13-14,20H,4-6H2,1-3H3. The van der Waals surface area contributed by atoms with E-state index in [-0.39, 0.29) is 12.1 Å². The largest absolute Gasteiger partial charge is 0.419 e. The van der Waals surface area contributed by atoms with Crippen molar-refractivity contribution in [3.63, 3.8) is 0 Å². The van der Waals surface area contributed by atoms with E-state index in [1.54, 1.807) is 7.05 Å². The molecule has 2 unspecified atom stereocenters. The molecule has 0 saturated heterocycles. The van der Waals surface area contributed by atoms with E-state index in [0.717, 1.165) is 25.0 Å². The van der Waals surface area contributed by atoms with Crippen molar-refractivity contribution < 1.29 is 22.3 Å². The van der Waals surface area contributed by atoms with Crippen molar-refractivity contribution in [2.45, 2.75) is 45.0 Å². The molecule has 0 heterocycles. The third-order valence-electron chi connectivity index (χ3n) is 3.29. The second kappa shape index (κ2) is 7.75. The molecule has 0 aliphatic heterocycles. The molecule has 0 aromatic heterocycles. The zero-order valence-corrected chi connectivity index (χ0v) is 12.4. The fourth-order valence-electron chi connectivity index (χ4n) is 2.37. The van der Waals surface area contributed by atoms with Gasteiger partial charge >= 0.3 is 6.18 Å². The molecule has 120 valence electrons. The first-order valence-electron chi connectivity index (χ1n) is 7.00. The van der Waals surface area contributed by atoms with Gasteiger partial charge in [-0.05, 0) is 38.1 Å². The summed E-state index contributed by atoms with van der Waals surface area (Å²) in [6, 6.07) is 2.67. The summed E-state index contributed by atoms with van der Waals surface area (Å²) < 4.78 is 57.1. The molecule has 0 aliphatic carbocycles. The summed E-state index contributed by atoms with van der Waals surface area (Å²) in [6.45, 7) is 4.33. The molecular formula is C15H21F4NO. The molecule has 0 fully saturated rings. The van der Waals surface area contributed by atoms with Crippen molar-refractivity contribution in [2.24, 2.45) is 0 Å². The molecule has 1 aromatic rings. The minimum atomic E-state index is -4.68. The SMILES string of the molecule is CCCC(OCC)C(NC)c1ccc(C(F)(F)F)c(F)c1. The van der Waals surface area contributed by atoms with Crippen LogP contribution in [-0.2, 0) is 10.9 Å². The molecule has 0 amide bonds. The zero-order valence-electron chi connectivity index (χ0n) is 12.4. The lowest BCUT2D eigenvalue weighted by Gasteiger charge is -2.27. The predicted octanol–water partition coefficient (Wildman–Crippen LogP) is 4.31. The number of likely N-dealkylation sites (N-methyl/N-ethyl adjacent to an activating group) is 1. The Hall–Kier alpha value is -1.14. The molecule has 2 atom stereocenters. The van der Waals surface area contributed by atoms with Crippen LogP contribution in [0.1, 0.15) is 43.9 Å². The lowest BCUT2D eigenvalue weighted by atomic mass is 9.96. The van der Waals surface area contributed by atoms with Crippen molar-refractivity contribution in [1.82, 2.24) is 5.32 Å². The van der Waals surface area contributed by atoms with E-state index in [1.165, 1.54) is 6.07 Å². The summed E-state index contributed by atoms with van der Waals surface area (Å²) in [4.78, 5) is 0. The van der Waals surface area contributed by atoms with E-state index < -0.39 is 17.6 Å². The molecule has 0 bridgehead atoms. The maximum Gasteiger partial charge on any atom is 0.419 e. The average Bonchev–Trinajstić information content (AvgIpc) is 2.38. The Kier molecular flexibility index (Phi) is 6.61. The van der Waals surface area contributed by atoms with Gasteiger partial charge in [0.05, 0.1) is 17.7 Å². The lowest BCUT2D eigenvalue weighted by molar-refractivity contribution is -0.140. The molecule has 0 saturated carbocycles. The first-order chi connectivity index (χ1) is 9.85. The molecule has 2 nitrogen and oxygen atoms in total. The Labute approximate surface area is 122 Å². The average molecular weight is 307 g/mol. The molecule has 1 N–H and O–H groups in total. The predicted molar refractivity (Wildman–Crippen MR) is 73.5 cm³/mol. The van der Waals surface area contributed by atoms with Gasteiger partial charge in [0.25, 0.3) is 0 Å². The molecule has 6 heteroatoms. The number of ether oxygens (including phenoxy) is 1. The summed E-state index contributed by atoms with van der Waals surface area (Å²) in [6.07, 6.45) is -3.28. The van der Waals surface area contributed by atoms with E-state index in [0.29, 0.717) is 12.2 Å². The van der Waals surface area contributed by atoms with Crippen molar-refractivity contribution in [3.05, 3.63) is 35.1 Å². The van der Waals surface area contributed by atoms with Gasteiger partial charge in [-0.3, -0.25) is 0 Å². The number of benzene rings is 1. The fraction of sp³-hybridized carbons (Fsp3) is 0.600. The summed E-state index contributed by atoms with van der Waals surface area (Å²) >= 11 is 0. The summed E-state index contributed by atoms with van der Waals surface area (Å²) in [5.41, 5.74) is -0.792. The third-order valence-corrected chi connectivity index (χ3v) is 3.29. The Balaban J connectivity index is 3.08. The molecule has 1 rings (SSSR count). The fourth-order valence-corrected chi connectivity index (χ4v) is 2.37. The Morgan fingerprint density at radius 2 is 1.90 bits per heavy atom. The molecule has 1 aromatic carbocycles. The van der Waals surface area contributed by atoms with Gasteiger partial charge in [0.1, 0.15) is 5.82 Å². The van der Waals surface area contributed by atoms with Crippen LogP contribution in [0.2, 0.25) is 0 Å². The highest BCUT2D eigenvalue weighted by Crippen LogP contribution is 2.33. The van der Waals surface area contributed by atoms with Crippen LogP contribution >= 0.6 is 0 Å². The van der Waals surface area contributed by atoms with Gasteiger partial charge < -0.3 is 10.1 Å². The van der Waals surface area contributed by atoms with E-state index in [2.05, 4.69) is 5.32 Å². The number of alkyl halides is 3. The van der Waals surface area contributed by atoms with Crippen LogP contribution in [0.4, 0.5) is 17.6 Å². The highest BCUT2D eigenvalue weighted by Gasteiger charge is 2.34. The lowest BCUT2D eigenvalue weighted by Crippen LogP contribution is -2.32. The van der Waals surface area contributed by atoms with Gasteiger partial charge in [0, 0.05) is 6.61 Å². The first-order valence-corrected chi connectivity index (χ1v) is 7.00. The summed E-state index contributed by atoms with van der Waals surface area (Å²) in [7, 11) is 1.68. The Morgan fingerprint density at radius 3 is 2.33 bits per heavy atom. The van der Waals surface area contributed by atoms with Crippen LogP contribution in [-0.4, -0.2) is 19.8 Å². The number of hydrogen-bond acceptors (Lipinski definition) is 2. The van der Waals surface area contributed by atoms with Gasteiger partial charge in [-0.1, -0.05) is 19.4 Å². The number of halogens is 4. The summed E-state index contributed by atoms with van der Waals surface area (Å²) in [5, 5.41) is 3.00. The van der Waals surface area contributed by atoms with Crippen molar-refractivity contribution >= 4 is 0 Å². The molecule has 0 aliphatic rings. The Morgan fingerprint density at radius 1 is 1.24 bits per heavy atom. The highest BCUT2D eigenvalue weighted by atomic mass is 19.4. The first kappa shape index (κ1) is 17.9. The van der Waals surface area contributed by atoms with Gasteiger partial charge in [0.15, 0.2) is 0 Å². The van der Waals surface area contributed by atoms with Gasteiger partial charge in [0.2, 0.25) is 0 Å². The van der Waals surface area contributed by atoms with Gasteiger partial charge in [-0.2, -0.15) is 13.2 Å². The van der Waals surface area contributed by atoms with Crippen LogP contribution in [0.15, 0.2) is 18.2 Å². The molecule has 0 radical (unpaired) electrons. The third kappa shape index (κ3) is 4.68. The molecular weight excluding hydrogens is 286 g/mol. The maximum atomic E-state index is 13.7. The van der Waals surface area contributed by atoms with Crippen LogP contribution in [0, 0.1) is 5.82 Å². The molecule has 21 heavy (non-hydrogen) atoms. The van der Waals surface area contributed by atoms with Crippen molar-refractivity contribution in [3.8, 4) is 0 Å². The number of rotatable bonds is 7. The van der Waals surface area contributed by atoms with E-state index in [1.807, 2.05) is 13.8 Å². The van der Waals surface area contributed by atoms with Crippen LogP contribution in [0.25, 0.3) is 0 Å². The van der Waals surface area contributed by atoms with Gasteiger partial charge in [-0.25, -0.2) is 4.39 Å². The van der Waals surface area contributed by atoms with Crippen LogP contribution < -0.4 is 5.32 Å². The second-order valence-corrected chi connectivity index (χ2v) is 4.79. The molecule has 0 spiro atoms. The van der Waals surface area contributed by atoms with Gasteiger partial charge in [-0.15, -0.1) is 0 Å². The van der Waals surface area contributed by atoms with Crippen LogP contribution in [0.5, 0.6) is 0 Å². The monoisotopic (exact) mass is 307 g/mol. The Bertz CT molecular complexity index is 442. The zero-order chi connectivity index (χ0) is 16.0. The van der Waals surface area contributed by atoms with Crippen molar-refractivity contribution in [1.29, 1.82) is 0 Å². The second-order valence-electron chi connectivity index (χ2n) is 4.79. The minimum absolute atomic E-state index is 0.207. The highest BCUT2D eigenvalue weighted by molar-refractivity contribution is 5.29. The maximum absolute atomic E-state index is 13.7.